The van der Waals surface area contributed by atoms with Crippen LogP contribution in [0.5, 0.6) is 0 Å². The molecule has 1 aliphatic heterocycles. The van der Waals surface area contributed by atoms with E-state index in [1.165, 1.54) is 0 Å². The first-order valence-corrected chi connectivity index (χ1v) is 7.03. The summed E-state index contributed by atoms with van der Waals surface area (Å²) in [6, 6.07) is 9.82. The molecule has 1 aromatic rings. The van der Waals surface area contributed by atoms with Gasteiger partial charge in [0.25, 0.3) is 0 Å². The number of hydrogen-bond donors (Lipinski definition) is 2. The molecule has 1 heterocycles. The highest BCUT2D eigenvalue weighted by molar-refractivity contribution is 7.80. The summed E-state index contributed by atoms with van der Waals surface area (Å²) in [5, 5.41) is 11.6. The third kappa shape index (κ3) is 4.12. The molecule has 5 nitrogen and oxygen atoms in total. The molecule has 1 aromatic carbocycles. The first-order chi connectivity index (χ1) is 10.1. The molecule has 21 heavy (non-hydrogen) atoms. The zero-order chi connectivity index (χ0) is 15.2. The first kappa shape index (κ1) is 15.2. The second-order valence-electron chi connectivity index (χ2n) is 4.34. The number of hydrazine groups is 1. The third-order valence-corrected chi connectivity index (χ3v) is 3.37. The molecule has 2 rings (SSSR count). The van der Waals surface area contributed by atoms with Gasteiger partial charge >= 0.3 is 0 Å². The van der Waals surface area contributed by atoms with Crippen LogP contribution in [0, 0.1) is 11.3 Å². The van der Waals surface area contributed by atoms with E-state index < -0.39 is 0 Å². The van der Waals surface area contributed by atoms with Crippen molar-refractivity contribution in [2.24, 2.45) is 5.73 Å². The zero-order valence-electron chi connectivity index (χ0n) is 11.2. The Morgan fingerprint density at radius 1 is 1.38 bits per heavy atom. The summed E-state index contributed by atoms with van der Waals surface area (Å²) < 4.78 is 0. The number of nitriles is 1. The highest BCUT2D eigenvalue weighted by Crippen LogP contribution is 2.18. The van der Waals surface area contributed by atoms with Crippen molar-refractivity contribution < 1.29 is 0 Å². The minimum absolute atomic E-state index is 0.137. The van der Waals surface area contributed by atoms with E-state index in [9.17, 15) is 5.26 Å². The largest absolute Gasteiger partial charge is 0.375 e. The molecule has 0 saturated carbocycles. The van der Waals surface area contributed by atoms with E-state index in [2.05, 4.69) is 11.5 Å². The Bertz CT molecular complexity index is 634. The molecule has 0 fully saturated rings. The van der Waals surface area contributed by atoms with E-state index in [0.717, 1.165) is 17.0 Å². The molecule has 0 unspecified atom stereocenters. The van der Waals surface area contributed by atoms with E-state index in [1.807, 2.05) is 29.2 Å². The van der Waals surface area contributed by atoms with Gasteiger partial charge in [-0.15, -0.1) is 0 Å². The first-order valence-electron chi connectivity index (χ1n) is 6.25. The van der Waals surface area contributed by atoms with Gasteiger partial charge in [0, 0.05) is 24.0 Å². The van der Waals surface area contributed by atoms with E-state index in [0.29, 0.717) is 12.2 Å². The molecular formula is C14H14ClN5S. The Kier molecular flexibility index (Phi) is 5.04. The molecule has 7 heteroatoms. The van der Waals surface area contributed by atoms with Crippen LogP contribution in [0.15, 0.2) is 48.6 Å². The normalized spacial score (nSPS) is 13.6. The van der Waals surface area contributed by atoms with E-state index in [4.69, 9.17) is 29.6 Å². The number of allylic oxidation sites excluding steroid dienone is 1. The molecule has 1 aliphatic rings. The number of nitrogens with two attached hydrogens (primary N) is 1. The number of rotatable bonds is 4. The molecule has 0 atom stereocenters. The van der Waals surface area contributed by atoms with Gasteiger partial charge in [-0.25, -0.2) is 0 Å². The lowest BCUT2D eigenvalue weighted by atomic mass is 10.1. The summed E-state index contributed by atoms with van der Waals surface area (Å²) in [5.74, 6) is 0. The summed E-state index contributed by atoms with van der Waals surface area (Å²) in [7, 11) is 0. The Morgan fingerprint density at radius 2 is 2.14 bits per heavy atom. The minimum atomic E-state index is 0.137. The smallest absolute Gasteiger partial charge is 0.183 e. The van der Waals surface area contributed by atoms with Crippen LogP contribution in [0.25, 0.3) is 0 Å². The highest BCUT2D eigenvalue weighted by atomic mass is 35.5. The van der Waals surface area contributed by atoms with Crippen molar-refractivity contribution >= 4 is 28.9 Å². The number of nitrogens with one attached hydrogen (secondary N) is 1. The van der Waals surface area contributed by atoms with E-state index >= 15 is 0 Å². The maximum atomic E-state index is 9.23. The van der Waals surface area contributed by atoms with Crippen molar-refractivity contribution in [1.29, 1.82) is 5.26 Å². The van der Waals surface area contributed by atoms with Gasteiger partial charge in [-0.05, 0) is 30.3 Å². The SMILES string of the molecule is N#CC1=CN(NC(N)=S)C=CN1CCc1ccccc1Cl. The molecule has 0 amide bonds. The van der Waals surface area contributed by atoms with Crippen LogP contribution >= 0.6 is 23.8 Å². The molecular weight excluding hydrogens is 306 g/mol. The molecule has 3 N–H and O–H groups in total. The lowest BCUT2D eigenvalue weighted by Crippen LogP contribution is -2.41. The monoisotopic (exact) mass is 319 g/mol. The Hall–Kier alpha value is -2.23. The van der Waals surface area contributed by atoms with Gasteiger partial charge < -0.3 is 10.6 Å². The predicted molar refractivity (Wildman–Crippen MR) is 86.5 cm³/mol. The predicted octanol–water partition coefficient (Wildman–Crippen LogP) is 2.08. The van der Waals surface area contributed by atoms with Crippen LogP contribution in [0.2, 0.25) is 5.02 Å². The van der Waals surface area contributed by atoms with Crippen molar-refractivity contribution in [2.45, 2.75) is 6.42 Å². The van der Waals surface area contributed by atoms with Crippen LogP contribution in [0.4, 0.5) is 0 Å². The van der Waals surface area contributed by atoms with Gasteiger partial charge in [-0.1, -0.05) is 29.8 Å². The standard InChI is InChI=1S/C14H14ClN5S/c15-13-4-2-1-3-11(13)5-6-19-7-8-20(18-14(17)21)10-12(19)9-16/h1-4,7-8,10H,5-6H2,(H3,17,18,21). The van der Waals surface area contributed by atoms with Crippen LogP contribution in [0.3, 0.4) is 0 Å². The maximum Gasteiger partial charge on any atom is 0.183 e. The maximum absolute atomic E-state index is 9.23. The number of thiocarbonyl (C=S) groups is 1. The zero-order valence-corrected chi connectivity index (χ0v) is 12.7. The fourth-order valence-corrected chi connectivity index (χ4v) is 2.24. The second kappa shape index (κ2) is 6.97. The average molecular weight is 320 g/mol. The average Bonchev–Trinajstić information content (AvgIpc) is 2.46. The molecule has 0 spiro atoms. The lowest BCUT2D eigenvalue weighted by Gasteiger charge is -2.27. The summed E-state index contributed by atoms with van der Waals surface area (Å²) in [5.41, 5.74) is 9.67. The van der Waals surface area contributed by atoms with Crippen molar-refractivity contribution in [1.82, 2.24) is 15.3 Å². The van der Waals surface area contributed by atoms with Crippen molar-refractivity contribution in [2.75, 3.05) is 6.54 Å². The Labute approximate surface area is 133 Å². The Morgan fingerprint density at radius 3 is 2.81 bits per heavy atom. The van der Waals surface area contributed by atoms with Crippen LogP contribution in [-0.2, 0) is 6.42 Å². The van der Waals surface area contributed by atoms with Gasteiger partial charge in [0.1, 0.15) is 11.8 Å². The third-order valence-electron chi connectivity index (χ3n) is 2.91. The molecule has 0 radical (unpaired) electrons. The van der Waals surface area contributed by atoms with Gasteiger partial charge in [-0.2, -0.15) is 5.26 Å². The Balaban J connectivity index is 2.02. The molecule has 0 aromatic heterocycles. The molecule has 0 aliphatic carbocycles. The van der Waals surface area contributed by atoms with E-state index in [-0.39, 0.29) is 5.11 Å². The highest BCUT2D eigenvalue weighted by Gasteiger charge is 2.13. The summed E-state index contributed by atoms with van der Waals surface area (Å²) in [6.07, 6.45) is 5.91. The number of benzene rings is 1. The summed E-state index contributed by atoms with van der Waals surface area (Å²) in [4.78, 5) is 1.85. The van der Waals surface area contributed by atoms with Crippen molar-refractivity contribution in [3.05, 3.63) is 59.1 Å². The van der Waals surface area contributed by atoms with Gasteiger partial charge in [0.05, 0.1) is 6.20 Å². The molecule has 108 valence electrons. The summed E-state index contributed by atoms with van der Waals surface area (Å²) >= 11 is 10.9. The number of nitrogens with zero attached hydrogens (tertiary/aromatic N) is 3. The van der Waals surface area contributed by atoms with Crippen LogP contribution < -0.4 is 11.2 Å². The quantitative estimate of drug-likeness (QED) is 0.828. The number of hydrogen-bond acceptors (Lipinski definition) is 4. The van der Waals surface area contributed by atoms with Gasteiger partial charge in [0.2, 0.25) is 0 Å². The van der Waals surface area contributed by atoms with Gasteiger partial charge in [-0.3, -0.25) is 10.4 Å². The molecule has 0 saturated heterocycles. The van der Waals surface area contributed by atoms with Gasteiger partial charge in [0.15, 0.2) is 5.11 Å². The fourth-order valence-electron chi connectivity index (χ4n) is 1.91. The van der Waals surface area contributed by atoms with Crippen LogP contribution in [0.1, 0.15) is 5.56 Å². The van der Waals surface area contributed by atoms with Crippen molar-refractivity contribution in [3.8, 4) is 6.07 Å². The summed E-state index contributed by atoms with van der Waals surface area (Å²) in [6.45, 7) is 0.653. The second-order valence-corrected chi connectivity index (χ2v) is 5.19. The topological polar surface area (TPSA) is 68.3 Å². The van der Waals surface area contributed by atoms with E-state index in [1.54, 1.807) is 23.6 Å². The number of halogens is 1. The van der Waals surface area contributed by atoms with Crippen LogP contribution in [-0.4, -0.2) is 21.6 Å². The molecule has 0 bridgehead atoms. The minimum Gasteiger partial charge on any atom is -0.375 e. The van der Waals surface area contributed by atoms with Crippen molar-refractivity contribution in [3.63, 3.8) is 0 Å². The lowest BCUT2D eigenvalue weighted by molar-refractivity contribution is 0.382. The fraction of sp³-hybridized carbons (Fsp3) is 0.143.